The lowest BCUT2D eigenvalue weighted by Gasteiger charge is -2.34. The summed E-state index contributed by atoms with van der Waals surface area (Å²) in [7, 11) is 0. The lowest BCUT2D eigenvalue weighted by molar-refractivity contribution is 0.444. The highest BCUT2D eigenvalue weighted by atomic mass is 32.1. The van der Waals surface area contributed by atoms with Gasteiger partial charge in [-0.15, -0.1) is 0 Å². The Morgan fingerprint density at radius 3 is 2.41 bits per heavy atom. The first-order valence-electron chi connectivity index (χ1n) is 13.2. The van der Waals surface area contributed by atoms with Gasteiger partial charge in [-0.05, 0) is 61.4 Å². The smallest absolute Gasteiger partial charge is 0.232 e. The van der Waals surface area contributed by atoms with E-state index in [4.69, 9.17) is 22.2 Å². The van der Waals surface area contributed by atoms with Gasteiger partial charge in [-0.2, -0.15) is 9.97 Å². The topological polar surface area (TPSA) is 56.3 Å². The highest BCUT2D eigenvalue weighted by molar-refractivity contribution is 7.80. The summed E-state index contributed by atoms with van der Waals surface area (Å²) in [6.45, 7) is 6.28. The van der Waals surface area contributed by atoms with Gasteiger partial charge < -0.3 is 20.4 Å². The zero-order chi connectivity index (χ0) is 23.3. The van der Waals surface area contributed by atoms with E-state index in [9.17, 15) is 0 Å². The standard InChI is InChI=1S/C27H38N6S/c1-20-9-8-15-32(18-20)24-17-25(33-16-14-21-10-6-7-11-22(21)19-33)30-26(29-24)31-27(34)28-23-12-4-2-3-5-13-23/h6-7,10-11,17,20,23H,2-5,8-9,12-16,18-19H2,1H3,(H2,28,29,30,31,34)/t20-/m1/s1. The predicted octanol–water partition coefficient (Wildman–Crippen LogP) is 5.28. The predicted molar refractivity (Wildman–Crippen MR) is 145 cm³/mol. The zero-order valence-corrected chi connectivity index (χ0v) is 21.2. The fraction of sp³-hybridized carbons (Fsp3) is 0.593. The Labute approximate surface area is 209 Å². The summed E-state index contributed by atoms with van der Waals surface area (Å²) in [4.78, 5) is 14.7. The van der Waals surface area contributed by atoms with E-state index < -0.39 is 0 Å². The minimum Gasteiger partial charge on any atom is -0.360 e. The fourth-order valence-corrected chi connectivity index (χ4v) is 5.90. The van der Waals surface area contributed by atoms with Gasteiger partial charge in [0.05, 0.1) is 0 Å². The molecule has 7 heteroatoms. The van der Waals surface area contributed by atoms with Crippen molar-refractivity contribution in [1.82, 2.24) is 15.3 Å². The van der Waals surface area contributed by atoms with E-state index in [-0.39, 0.29) is 0 Å². The molecule has 3 heterocycles. The lowest BCUT2D eigenvalue weighted by atomic mass is 10.00. The van der Waals surface area contributed by atoms with E-state index in [1.165, 1.54) is 62.5 Å². The largest absolute Gasteiger partial charge is 0.360 e. The Bertz CT molecular complexity index is 987. The second-order valence-electron chi connectivity index (χ2n) is 10.3. The molecule has 0 spiro atoms. The summed E-state index contributed by atoms with van der Waals surface area (Å²) < 4.78 is 0. The van der Waals surface area contributed by atoms with Crippen molar-refractivity contribution in [2.75, 3.05) is 34.8 Å². The van der Waals surface area contributed by atoms with Crippen LogP contribution < -0.4 is 20.4 Å². The Balaban J connectivity index is 1.36. The molecule has 3 aliphatic rings. The number of nitrogens with one attached hydrogen (secondary N) is 2. The van der Waals surface area contributed by atoms with Crippen LogP contribution in [0.1, 0.15) is 69.4 Å². The molecule has 6 nitrogen and oxygen atoms in total. The van der Waals surface area contributed by atoms with Crippen LogP contribution in [0.15, 0.2) is 30.3 Å². The molecule has 34 heavy (non-hydrogen) atoms. The van der Waals surface area contributed by atoms with E-state index in [2.05, 4.69) is 57.7 Å². The number of thiocarbonyl (C=S) groups is 1. The Morgan fingerprint density at radius 1 is 0.912 bits per heavy atom. The molecule has 2 aromatic rings. The lowest BCUT2D eigenvalue weighted by Crippen LogP contribution is -2.39. The Kier molecular flexibility index (Phi) is 7.48. The summed E-state index contributed by atoms with van der Waals surface area (Å²) in [5, 5.41) is 7.53. The number of hydrogen-bond acceptors (Lipinski definition) is 5. The SMILES string of the molecule is C[C@@H]1CCCN(c2cc(N3CCc4ccccc4C3)nc(NC(=S)NC3CCCCCC3)n2)C1. The first kappa shape index (κ1) is 23.3. The summed E-state index contributed by atoms with van der Waals surface area (Å²) in [5.74, 6) is 3.28. The molecule has 1 atom stereocenters. The van der Waals surface area contributed by atoms with Crippen molar-refractivity contribution in [3.63, 3.8) is 0 Å². The number of rotatable bonds is 4. The first-order chi connectivity index (χ1) is 16.6. The van der Waals surface area contributed by atoms with Crippen LogP contribution >= 0.6 is 12.2 Å². The maximum atomic E-state index is 5.70. The molecule has 1 saturated carbocycles. The number of benzene rings is 1. The normalized spacial score (nSPS) is 21.5. The van der Waals surface area contributed by atoms with Crippen molar-refractivity contribution in [2.24, 2.45) is 5.92 Å². The van der Waals surface area contributed by atoms with E-state index >= 15 is 0 Å². The number of nitrogens with zero attached hydrogens (tertiary/aromatic N) is 4. The summed E-state index contributed by atoms with van der Waals surface area (Å²) in [5.41, 5.74) is 2.84. The van der Waals surface area contributed by atoms with Crippen LogP contribution in [0.4, 0.5) is 17.6 Å². The van der Waals surface area contributed by atoms with Crippen LogP contribution in [0.3, 0.4) is 0 Å². The molecule has 1 aromatic carbocycles. The van der Waals surface area contributed by atoms with Crippen LogP contribution in [0, 0.1) is 5.92 Å². The minimum atomic E-state index is 0.451. The van der Waals surface area contributed by atoms with Crippen LogP contribution in [-0.2, 0) is 13.0 Å². The van der Waals surface area contributed by atoms with Crippen LogP contribution in [0.5, 0.6) is 0 Å². The Hall–Kier alpha value is -2.41. The monoisotopic (exact) mass is 478 g/mol. The molecular weight excluding hydrogens is 440 g/mol. The molecule has 0 bridgehead atoms. The molecular formula is C27H38N6S. The molecule has 0 amide bonds. The van der Waals surface area contributed by atoms with Gasteiger partial charge in [0.2, 0.25) is 5.95 Å². The highest BCUT2D eigenvalue weighted by Gasteiger charge is 2.23. The van der Waals surface area contributed by atoms with Crippen molar-refractivity contribution in [3.05, 3.63) is 41.5 Å². The average molecular weight is 479 g/mol. The summed E-state index contributed by atoms with van der Waals surface area (Å²) in [6, 6.07) is 11.4. The van der Waals surface area contributed by atoms with E-state index in [1.54, 1.807) is 0 Å². The minimum absolute atomic E-state index is 0.451. The molecule has 1 saturated heterocycles. The van der Waals surface area contributed by atoms with E-state index in [0.29, 0.717) is 23.0 Å². The van der Waals surface area contributed by atoms with Crippen LogP contribution in [0.25, 0.3) is 0 Å². The van der Waals surface area contributed by atoms with Crippen LogP contribution in [0.2, 0.25) is 0 Å². The molecule has 1 aromatic heterocycles. The zero-order valence-electron chi connectivity index (χ0n) is 20.4. The molecule has 2 aliphatic heterocycles. The quantitative estimate of drug-likeness (QED) is 0.458. The molecule has 0 unspecified atom stereocenters. The summed E-state index contributed by atoms with van der Waals surface area (Å²) in [6.07, 6.45) is 11.1. The van der Waals surface area contributed by atoms with Gasteiger partial charge in [0.25, 0.3) is 0 Å². The van der Waals surface area contributed by atoms with Gasteiger partial charge >= 0.3 is 0 Å². The molecule has 0 radical (unpaired) electrons. The van der Waals surface area contributed by atoms with Gasteiger partial charge in [0.1, 0.15) is 11.6 Å². The number of aromatic nitrogens is 2. The van der Waals surface area contributed by atoms with Crippen molar-refractivity contribution >= 4 is 34.9 Å². The van der Waals surface area contributed by atoms with Gasteiger partial charge in [-0.3, -0.25) is 0 Å². The summed E-state index contributed by atoms with van der Waals surface area (Å²) >= 11 is 5.70. The Morgan fingerprint density at radius 2 is 1.65 bits per heavy atom. The molecule has 182 valence electrons. The van der Waals surface area contributed by atoms with E-state index in [0.717, 1.165) is 44.2 Å². The van der Waals surface area contributed by atoms with Crippen molar-refractivity contribution in [3.8, 4) is 0 Å². The third-order valence-corrected chi connectivity index (χ3v) is 7.77. The molecule has 1 aliphatic carbocycles. The molecule has 5 rings (SSSR count). The third-order valence-electron chi connectivity index (χ3n) is 7.55. The van der Waals surface area contributed by atoms with Crippen molar-refractivity contribution < 1.29 is 0 Å². The maximum Gasteiger partial charge on any atom is 0.232 e. The van der Waals surface area contributed by atoms with Crippen LogP contribution in [-0.4, -0.2) is 40.8 Å². The van der Waals surface area contributed by atoms with Gasteiger partial charge in [0, 0.05) is 38.3 Å². The second-order valence-corrected chi connectivity index (χ2v) is 10.7. The number of piperidine rings is 1. The number of fused-ring (bicyclic) bond motifs is 1. The van der Waals surface area contributed by atoms with E-state index in [1.807, 2.05) is 0 Å². The second kappa shape index (κ2) is 10.9. The third kappa shape index (κ3) is 5.80. The average Bonchev–Trinajstić information content (AvgIpc) is 3.12. The number of hydrogen-bond donors (Lipinski definition) is 2. The fourth-order valence-electron chi connectivity index (χ4n) is 5.64. The van der Waals surface area contributed by atoms with Crippen molar-refractivity contribution in [2.45, 2.75) is 77.3 Å². The first-order valence-corrected chi connectivity index (χ1v) is 13.6. The van der Waals surface area contributed by atoms with Crippen molar-refractivity contribution in [1.29, 1.82) is 0 Å². The number of anilines is 3. The highest BCUT2D eigenvalue weighted by Crippen LogP contribution is 2.29. The van der Waals surface area contributed by atoms with Gasteiger partial charge in [0.15, 0.2) is 5.11 Å². The van der Waals surface area contributed by atoms with Gasteiger partial charge in [-0.25, -0.2) is 0 Å². The molecule has 2 fully saturated rings. The molecule has 2 N–H and O–H groups in total. The van der Waals surface area contributed by atoms with Gasteiger partial charge in [-0.1, -0.05) is 56.9 Å². The maximum absolute atomic E-state index is 5.70.